The highest BCUT2D eigenvalue weighted by molar-refractivity contribution is 6.42. The van der Waals surface area contributed by atoms with Crippen LogP contribution in [0.3, 0.4) is 0 Å². The number of hydrogen-bond donors (Lipinski definition) is 1. The molecule has 1 N–H and O–H groups in total. The van der Waals surface area contributed by atoms with E-state index in [1.165, 1.54) is 0 Å². The number of carbonyl (C=O) groups is 1. The summed E-state index contributed by atoms with van der Waals surface area (Å²) in [5.41, 5.74) is 1.61. The maximum atomic E-state index is 12.4. The first-order chi connectivity index (χ1) is 11.4. The molecular formula is C18H20Cl2N2O2. The van der Waals surface area contributed by atoms with Gasteiger partial charge < -0.3 is 10.1 Å². The Morgan fingerprint density at radius 3 is 2.50 bits per heavy atom. The van der Waals surface area contributed by atoms with E-state index in [-0.39, 0.29) is 11.9 Å². The summed E-state index contributed by atoms with van der Waals surface area (Å²) in [6.07, 6.45) is 0. The van der Waals surface area contributed by atoms with Crippen LogP contribution in [0.15, 0.2) is 42.5 Å². The van der Waals surface area contributed by atoms with Crippen LogP contribution in [0.4, 0.5) is 5.69 Å². The number of rotatable bonds is 6. The third-order valence-electron chi connectivity index (χ3n) is 3.85. The second-order valence-electron chi connectivity index (χ2n) is 5.52. The van der Waals surface area contributed by atoms with Gasteiger partial charge in [0.25, 0.3) is 0 Å². The number of nitrogens with one attached hydrogen (secondary N) is 1. The van der Waals surface area contributed by atoms with Crippen LogP contribution in [0.2, 0.25) is 10.0 Å². The summed E-state index contributed by atoms with van der Waals surface area (Å²) in [5.74, 6) is 0.648. The molecule has 1 amide bonds. The highest BCUT2D eigenvalue weighted by atomic mass is 35.5. The minimum atomic E-state index is -0.331. The number of amides is 1. The van der Waals surface area contributed by atoms with Crippen molar-refractivity contribution in [2.45, 2.75) is 19.5 Å². The number of benzene rings is 2. The topological polar surface area (TPSA) is 41.6 Å². The van der Waals surface area contributed by atoms with Gasteiger partial charge in [0, 0.05) is 12.2 Å². The summed E-state index contributed by atoms with van der Waals surface area (Å²) >= 11 is 12.2. The van der Waals surface area contributed by atoms with Crippen LogP contribution in [0.5, 0.6) is 5.75 Å². The number of methoxy groups -OCH3 is 1. The van der Waals surface area contributed by atoms with E-state index in [9.17, 15) is 4.79 Å². The molecule has 0 heterocycles. The number of halogens is 2. The zero-order valence-electron chi connectivity index (χ0n) is 13.8. The van der Waals surface area contributed by atoms with Crippen LogP contribution in [-0.2, 0) is 11.3 Å². The van der Waals surface area contributed by atoms with Gasteiger partial charge in [-0.2, -0.15) is 0 Å². The molecule has 0 spiro atoms. The number of nitrogens with zero attached hydrogens (tertiary/aromatic N) is 1. The smallest absolute Gasteiger partial charge is 0.241 e. The Bertz CT molecular complexity index is 705. The molecule has 0 bridgehead atoms. The lowest BCUT2D eigenvalue weighted by molar-refractivity contribution is -0.120. The number of likely N-dealkylation sites (N-methyl/N-ethyl adjacent to an activating group) is 1. The van der Waals surface area contributed by atoms with E-state index in [0.29, 0.717) is 16.6 Å². The minimum Gasteiger partial charge on any atom is -0.497 e. The molecule has 0 radical (unpaired) electrons. The van der Waals surface area contributed by atoms with Crippen molar-refractivity contribution in [2.75, 3.05) is 19.5 Å². The minimum absolute atomic E-state index is 0.0965. The van der Waals surface area contributed by atoms with Gasteiger partial charge in [0.2, 0.25) is 5.91 Å². The maximum Gasteiger partial charge on any atom is 0.241 e. The summed E-state index contributed by atoms with van der Waals surface area (Å²) in [5, 5.41) is 3.92. The molecule has 2 aromatic rings. The molecule has 4 nitrogen and oxygen atoms in total. The SMILES string of the molecule is COc1ccc(NC(=O)C(C)N(C)Cc2cccc(Cl)c2Cl)cc1. The van der Waals surface area contributed by atoms with Gasteiger partial charge >= 0.3 is 0 Å². The number of anilines is 1. The highest BCUT2D eigenvalue weighted by Crippen LogP contribution is 2.26. The van der Waals surface area contributed by atoms with Gasteiger partial charge in [-0.3, -0.25) is 9.69 Å². The predicted octanol–water partition coefficient (Wildman–Crippen LogP) is 4.46. The van der Waals surface area contributed by atoms with Crippen LogP contribution in [0, 0.1) is 0 Å². The third-order valence-corrected chi connectivity index (χ3v) is 4.71. The Balaban J connectivity index is 1.99. The van der Waals surface area contributed by atoms with Crippen molar-refractivity contribution >= 4 is 34.8 Å². The lowest BCUT2D eigenvalue weighted by atomic mass is 10.2. The van der Waals surface area contributed by atoms with Gasteiger partial charge in [0.15, 0.2) is 0 Å². The number of hydrogen-bond acceptors (Lipinski definition) is 3. The first-order valence-corrected chi connectivity index (χ1v) is 8.26. The predicted molar refractivity (Wildman–Crippen MR) is 99.0 cm³/mol. The lowest BCUT2D eigenvalue weighted by Gasteiger charge is -2.24. The first-order valence-electron chi connectivity index (χ1n) is 7.50. The van der Waals surface area contributed by atoms with Crippen LogP contribution in [0.1, 0.15) is 12.5 Å². The van der Waals surface area contributed by atoms with Crippen LogP contribution in [-0.4, -0.2) is 31.0 Å². The molecule has 128 valence electrons. The monoisotopic (exact) mass is 366 g/mol. The van der Waals surface area contributed by atoms with Gasteiger partial charge in [-0.15, -0.1) is 0 Å². The van der Waals surface area contributed by atoms with E-state index in [0.717, 1.165) is 17.0 Å². The van der Waals surface area contributed by atoms with E-state index in [1.54, 1.807) is 37.4 Å². The summed E-state index contributed by atoms with van der Waals surface area (Å²) in [4.78, 5) is 14.3. The molecule has 0 fully saturated rings. The molecule has 0 saturated carbocycles. The molecule has 0 aliphatic rings. The van der Waals surface area contributed by atoms with Crippen molar-refractivity contribution in [3.05, 3.63) is 58.1 Å². The van der Waals surface area contributed by atoms with E-state index in [2.05, 4.69) is 5.32 Å². The Kier molecular flexibility index (Phi) is 6.49. The van der Waals surface area contributed by atoms with Crippen molar-refractivity contribution in [2.24, 2.45) is 0 Å². The zero-order chi connectivity index (χ0) is 17.7. The van der Waals surface area contributed by atoms with E-state index in [1.807, 2.05) is 31.0 Å². The maximum absolute atomic E-state index is 12.4. The second-order valence-corrected chi connectivity index (χ2v) is 6.31. The van der Waals surface area contributed by atoms with Crippen molar-refractivity contribution < 1.29 is 9.53 Å². The van der Waals surface area contributed by atoms with Crippen molar-refractivity contribution in [1.82, 2.24) is 4.90 Å². The van der Waals surface area contributed by atoms with Gasteiger partial charge in [0.05, 0.1) is 23.2 Å². The Labute approximate surface area is 152 Å². The number of carbonyl (C=O) groups excluding carboxylic acids is 1. The molecular weight excluding hydrogens is 347 g/mol. The van der Waals surface area contributed by atoms with Gasteiger partial charge in [-0.05, 0) is 49.9 Å². The van der Waals surface area contributed by atoms with Crippen LogP contribution in [0.25, 0.3) is 0 Å². The molecule has 0 saturated heterocycles. The van der Waals surface area contributed by atoms with Gasteiger partial charge in [-0.25, -0.2) is 0 Å². The largest absolute Gasteiger partial charge is 0.497 e. The average Bonchev–Trinajstić information content (AvgIpc) is 2.58. The van der Waals surface area contributed by atoms with Crippen molar-refractivity contribution in [3.63, 3.8) is 0 Å². The van der Waals surface area contributed by atoms with E-state index < -0.39 is 0 Å². The van der Waals surface area contributed by atoms with Gasteiger partial charge in [-0.1, -0.05) is 35.3 Å². The second kappa shape index (κ2) is 8.38. The zero-order valence-corrected chi connectivity index (χ0v) is 15.4. The number of ether oxygens (including phenoxy) is 1. The standard InChI is InChI=1S/C18H20Cl2N2O2/c1-12(18(23)21-14-7-9-15(24-3)10-8-14)22(2)11-13-5-4-6-16(19)17(13)20/h4-10,12H,11H2,1-3H3,(H,21,23). The molecule has 0 aliphatic carbocycles. The molecule has 1 unspecified atom stereocenters. The summed E-state index contributed by atoms with van der Waals surface area (Å²) < 4.78 is 5.10. The summed E-state index contributed by atoms with van der Waals surface area (Å²) in [6.45, 7) is 2.37. The highest BCUT2D eigenvalue weighted by Gasteiger charge is 2.19. The molecule has 2 aromatic carbocycles. The fourth-order valence-corrected chi connectivity index (χ4v) is 2.58. The Morgan fingerprint density at radius 1 is 1.21 bits per heavy atom. The third kappa shape index (κ3) is 4.63. The van der Waals surface area contributed by atoms with Crippen LogP contribution < -0.4 is 10.1 Å². The molecule has 0 aliphatic heterocycles. The lowest BCUT2D eigenvalue weighted by Crippen LogP contribution is -2.39. The van der Waals surface area contributed by atoms with Crippen LogP contribution >= 0.6 is 23.2 Å². The molecule has 2 rings (SSSR count). The van der Waals surface area contributed by atoms with Crippen molar-refractivity contribution in [1.29, 1.82) is 0 Å². The van der Waals surface area contributed by atoms with E-state index in [4.69, 9.17) is 27.9 Å². The quantitative estimate of drug-likeness (QED) is 0.820. The Morgan fingerprint density at radius 2 is 1.88 bits per heavy atom. The Hall–Kier alpha value is -1.75. The molecule has 0 aromatic heterocycles. The van der Waals surface area contributed by atoms with E-state index >= 15 is 0 Å². The van der Waals surface area contributed by atoms with Gasteiger partial charge in [0.1, 0.15) is 5.75 Å². The average molecular weight is 367 g/mol. The summed E-state index contributed by atoms with van der Waals surface area (Å²) in [7, 11) is 3.47. The normalized spacial score (nSPS) is 12.1. The summed E-state index contributed by atoms with van der Waals surface area (Å²) in [6, 6.07) is 12.4. The molecule has 6 heteroatoms. The van der Waals surface area contributed by atoms with Crippen molar-refractivity contribution in [3.8, 4) is 5.75 Å². The fraction of sp³-hybridized carbons (Fsp3) is 0.278. The molecule has 1 atom stereocenters. The molecule has 24 heavy (non-hydrogen) atoms. The first kappa shape index (κ1) is 18.6. The fourth-order valence-electron chi connectivity index (χ4n) is 2.20.